The topological polar surface area (TPSA) is 92.5 Å². The summed E-state index contributed by atoms with van der Waals surface area (Å²) in [6.07, 6.45) is 1.08. The first-order valence-corrected chi connectivity index (χ1v) is 8.37. The summed E-state index contributed by atoms with van der Waals surface area (Å²) in [5, 5.41) is 2.61. The minimum absolute atomic E-state index is 0.0214. The molecular formula is C14H21N3O3S. The van der Waals surface area contributed by atoms with Crippen molar-refractivity contribution < 1.29 is 13.2 Å². The zero-order valence-corrected chi connectivity index (χ0v) is 13.1. The second-order valence-corrected chi connectivity index (χ2v) is 7.31. The van der Waals surface area contributed by atoms with Gasteiger partial charge in [0.05, 0.1) is 4.90 Å². The largest absolute Gasteiger partial charge is 0.399 e. The summed E-state index contributed by atoms with van der Waals surface area (Å²) in [6.45, 7) is 2.52. The highest BCUT2D eigenvalue weighted by atomic mass is 32.2. The predicted molar refractivity (Wildman–Crippen MR) is 81.1 cm³/mol. The molecule has 1 saturated heterocycles. The van der Waals surface area contributed by atoms with Gasteiger partial charge in [-0.05, 0) is 43.5 Å². The lowest BCUT2D eigenvalue weighted by Crippen LogP contribution is -2.42. The number of nitrogens with zero attached hydrogens (tertiary/aromatic N) is 1. The molecule has 0 radical (unpaired) electrons. The van der Waals surface area contributed by atoms with Crippen LogP contribution in [0.3, 0.4) is 0 Å². The number of piperidine rings is 1. The minimum atomic E-state index is -3.54. The number of sulfonamides is 1. The van der Waals surface area contributed by atoms with Crippen molar-refractivity contribution in [2.24, 2.45) is 5.92 Å². The third kappa shape index (κ3) is 3.36. The molecule has 3 N–H and O–H groups in total. The summed E-state index contributed by atoms with van der Waals surface area (Å²) in [5.41, 5.74) is 6.98. The van der Waals surface area contributed by atoms with E-state index in [0.29, 0.717) is 31.6 Å². The van der Waals surface area contributed by atoms with Crippen LogP contribution < -0.4 is 11.1 Å². The summed E-state index contributed by atoms with van der Waals surface area (Å²) in [5.74, 6) is -0.129. The van der Waals surface area contributed by atoms with E-state index in [-0.39, 0.29) is 16.7 Å². The number of amides is 1. The molecule has 0 unspecified atom stereocenters. The molecule has 1 aromatic carbocycles. The number of hydrogen-bond acceptors (Lipinski definition) is 4. The molecule has 1 fully saturated rings. The fourth-order valence-electron chi connectivity index (χ4n) is 2.64. The average molecular weight is 311 g/mol. The molecule has 7 heteroatoms. The van der Waals surface area contributed by atoms with E-state index in [1.807, 2.05) is 6.92 Å². The minimum Gasteiger partial charge on any atom is -0.399 e. The molecule has 1 amide bonds. The lowest BCUT2D eigenvalue weighted by molar-refractivity contribution is -0.125. The Morgan fingerprint density at radius 1 is 1.29 bits per heavy atom. The zero-order valence-electron chi connectivity index (χ0n) is 12.3. The van der Waals surface area contributed by atoms with Gasteiger partial charge in [-0.2, -0.15) is 4.31 Å². The van der Waals surface area contributed by atoms with Crippen LogP contribution in [0.4, 0.5) is 5.69 Å². The van der Waals surface area contributed by atoms with Gasteiger partial charge in [0.1, 0.15) is 0 Å². The van der Waals surface area contributed by atoms with E-state index in [1.54, 1.807) is 19.2 Å². The van der Waals surface area contributed by atoms with Gasteiger partial charge in [-0.3, -0.25) is 4.79 Å². The second kappa shape index (κ2) is 6.03. The number of benzene rings is 1. The quantitative estimate of drug-likeness (QED) is 0.805. The summed E-state index contributed by atoms with van der Waals surface area (Å²) in [4.78, 5) is 11.8. The van der Waals surface area contributed by atoms with E-state index in [0.717, 1.165) is 5.56 Å². The molecule has 0 atom stereocenters. The van der Waals surface area contributed by atoms with Gasteiger partial charge in [-0.15, -0.1) is 0 Å². The first kappa shape index (κ1) is 15.8. The Bertz CT molecular complexity index is 615. The molecule has 1 aromatic rings. The zero-order chi connectivity index (χ0) is 15.6. The first-order valence-electron chi connectivity index (χ1n) is 6.93. The van der Waals surface area contributed by atoms with Crippen LogP contribution >= 0.6 is 0 Å². The molecule has 1 aliphatic heterocycles. The fourth-order valence-corrected chi connectivity index (χ4v) is 4.25. The normalized spacial score (nSPS) is 17.6. The van der Waals surface area contributed by atoms with Gasteiger partial charge < -0.3 is 11.1 Å². The summed E-state index contributed by atoms with van der Waals surface area (Å²) >= 11 is 0. The molecule has 116 valence electrons. The smallest absolute Gasteiger partial charge is 0.243 e. The highest BCUT2D eigenvalue weighted by Crippen LogP contribution is 2.25. The van der Waals surface area contributed by atoms with Crippen molar-refractivity contribution in [2.45, 2.75) is 24.7 Å². The van der Waals surface area contributed by atoms with Crippen LogP contribution in [0.25, 0.3) is 0 Å². The van der Waals surface area contributed by atoms with E-state index in [2.05, 4.69) is 5.32 Å². The Labute approximate surface area is 125 Å². The number of hydrogen-bond donors (Lipinski definition) is 2. The maximum atomic E-state index is 12.6. The van der Waals surface area contributed by atoms with Crippen LogP contribution in [0.1, 0.15) is 18.4 Å². The molecule has 21 heavy (non-hydrogen) atoms. The SMILES string of the molecule is CNC(=O)C1CCN(S(=O)(=O)c2cc(C)cc(N)c2)CC1. The summed E-state index contributed by atoms with van der Waals surface area (Å²) in [7, 11) is -1.94. The monoisotopic (exact) mass is 311 g/mol. The third-order valence-corrected chi connectivity index (χ3v) is 5.66. The molecule has 1 aliphatic rings. The molecule has 0 aromatic heterocycles. The van der Waals surface area contributed by atoms with Crippen molar-refractivity contribution in [1.82, 2.24) is 9.62 Å². The van der Waals surface area contributed by atoms with Crippen LogP contribution in [0.2, 0.25) is 0 Å². The number of rotatable bonds is 3. The molecular weight excluding hydrogens is 290 g/mol. The average Bonchev–Trinajstić information content (AvgIpc) is 2.45. The highest BCUT2D eigenvalue weighted by molar-refractivity contribution is 7.89. The van der Waals surface area contributed by atoms with Gasteiger partial charge in [0, 0.05) is 31.7 Å². The van der Waals surface area contributed by atoms with Crippen LogP contribution in [0, 0.1) is 12.8 Å². The number of carbonyl (C=O) groups is 1. The lowest BCUT2D eigenvalue weighted by atomic mass is 9.97. The Morgan fingerprint density at radius 3 is 2.43 bits per heavy atom. The van der Waals surface area contributed by atoms with Gasteiger partial charge in [-0.1, -0.05) is 0 Å². The maximum Gasteiger partial charge on any atom is 0.243 e. The standard InChI is InChI=1S/C14H21N3O3S/c1-10-7-12(15)9-13(8-10)21(19,20)17-5-3-11(4-6-17)14(18)16-2/h7-9,11H,3-6,15H2,1-2H3,(H,16,18). The van der Waals surface area contributed by atoms with Crippen LogP contribution in [-0.4, -0.2) is 38.8 Å². The van der Waals surface area contributed by atoms with Crippen molar-refractivity contribution in [3.63, 3.8) is 0 Å². The van der Waals surface area contributed by atoms with E-state index < -0.39 is 10.0 Å². The van der Waals surface area contributed by atoms with E-state index in [9.17, 15) is 13.2 Å². The number of anilines is 1. The number of nitrogen functional groups attached to an aromatic ring is 1. The van der Waals surface area contributed by atoms with Crippen molar-refractivity contribution in [2.75, 3.05) is 25.9 Å². The molecule has 0 saturated carbocycles. The van der Waals surface area contributed by atoms with Crippen molar-refractivity contribution >= 4 is 21.6 Å². The number of aryl methyl sites for hydroxylation is 1. The molecule has 2 rings (SSSR count). The Hall–Kier alpha value is -1.60. The van der Waals surface area contributed by atoms with Crippen molar-refractivity contribution in [3.8, 4) is 0 Å². The molecule has 6 nitrogen and oxygen atoms in total. The summed E-state index contributed by atoms with van der Waals surface area (Å²) in [6, 6.07) is 4.83. The summed E-state index contributed by atoms with van der Waals surface area (Å²) < 4.78 is 26.6. The molecule has 0 bridgehead atoms. The van der Waals surface area contributed by atoms with Gasteiger partial charge in [0.2, 0.25) is 15.9 Å². The molecule has 1 heterocycles. The number of nitrogens with one attached hydrogen (secondary N) is 1. The van der Waals surface area contributed by atoms with Gasteiger partial charge in [0.15, 0.2) is 0 Å². The van der Waals surface area contributed by atoms with E-state index >= 15 is 0 Å². The van der Waals surface area contributed by atoms with Crippen LogP contribution in [0.5, 0.6) is 0 Å². The van der Waals surface area contributed by atoms with Crippen molar-refractivity contribution in [3.05, 3.63) is 23.8 Å². The first-order chi connectivity index (χ1) is 9.84. The van der Waals surface area contributed by atoms with Gasteiger partial charge >= 0.3 is 0 Å². The maximum absolute atomic E-state index is 12.6. The Kier molecular flexibility index (Phi) is 4.53. The van der Waals surface area contributed by atoms with E-state index in [4.69, 9.17) is 5.73 Å². The fraction of sp³-hybridized carbons (Fsp3) is 0.500. The highest BCUT2D eigenvalue weighted by Gasteiger charge is 2.31. The van der Waals surface area contributed by atoms with E-state index in [1.165, 1.54) is 10.4 Å². The predicted octanol–water partition coefficient (Wildman–Crippen LogP) is 0.724. The van der Waals surface area contributed by atoms with Crippen LogP contribution in [0.15, 0.2) is 23.1 Å². The lowest BCUT2D eigenvalue weighted by Gasteiger charge is -2.30. The molecule has 0 aliphatic carbocycles. The van der Waals surface area contributed by atoms with Gasteiger partial charge in [-0.25, -0.2) is 8.42 Å². The number of nitrogens with two attached hydrogens (primary N) is 1. The third-order valence-electron chi connectivity index (χ3n) is 3.78. The number of carbonyl (C=O) groups excluding carboxylic acids is 1. The second-order valence-electron chi connectivity index (χ2n) is 5.37. The van der Waals surface area contributed by atoms with Gasteiger partial charge in [0.25, 0.3) is 0 Å². The Balaban J connectivity index is 2.16. The Morgan fingerprint density at radius 2 is 1.90 bits per heavy atom. The molecule has 0 spiro atoms. The van der Waals surface area contributed by atoms with Crippen LogP contribution in [-0.2, 0) is 14.8 Å². The van der Waals surface area contributed by atoms with Crippen molar-refractivity contribution in [1.29, 1.82) is 0 Å².